The van der Waals surface area contributed by atoms with Gasteiger partial charge in [0.1, 0.15) is 0 Å². The van der Waals surface area contributed by atoms with Crippen molar-refractivity contribution in [3.05, 3.63) is 18.5 Å². The van der Waals surface area contributed by atoms with E-state index in [1.165, 1.54) is 13.0 Å². The Labute approximate surface area is 94.2 Å². The lowest BCUT2D eigenvalue weighted by Crippen LogP contribution is -2.36. The predicted octanol–water partition coefficient (Wildman–Crippen LogP) is 3.35. The fourth-order valence-corrected chi connectivity index (χ4v) is 1.20. The summed E-state index contributed by atoms with van der Waals surface area (Å²) in [6, 6.07) is 1.19. The van der Waals surface area contributed by atoms with Crippen molar-refractivity contribution in [3.63, 3.8) is 0 Å². The van der Waals surface area contributed by atoms with Gasteiger partial charge in [-0.05, 0) is 12.5 Å². The zero-order chi connectivity index (χ0) is 13.1. The smallest absolute Gasteiger partial charge is 0.285 e. The van der Waals surface area contributed by atoms with Crippen LogP contribution in [0, 0.1) is 0 Å². The molecule has 1 rings (SSSR count). The van der Waals surface area contributed by atoms with E-state index in [1.54, 1.807) is 0 Å². The molecule has 0 spiro atoms. The topological polar surface area (TPSA) is 27.1 Å². The third-order valence-electron chi connectivity index (χ3n) is 1.87. The highest BCUT2D eigenvalue weighted by molar-refractivity contribution is 4.81. The Morgan fingerprint density at radius 1 is 1.29 bits per heavy atom. The van der Waals surface area contributed by atoms with E-state index in [0.717, 1.165) is 12.4 Å². The summed E-state index contributed by atoms with van der Waals surface area (Å²) in [5, 5.41) is 3.27. The van der Waals surface area contributed by atoms with Gasteiger partial charge in [0.05, 0.1) is 0 Å². The standard InChI is InChI=1S/C9H11F5N2O/c1-2-4-8(10,11)17-7(9(12,13)14)16-6-3-5-15-16/h3,5-7H,2,4H2,1H3. The Morgan fingerprint density at radius 3 is 2.35 bits per heavy atom. The Balaban J connectivity index is 2.87. The average molecular weight is 258 g/mol. The minimum atomic E-state index is -4.96. The quantitative estimate of drug-likeness (QED) is 0.757. The first-order chi connectivity index (χ1) is 7.76. The molecule has 3 nitrogen and oxygen atoms in total. The number of alkyl halides is 5. The molecule has 8 heteroatoms. The number of halogens is 5. The summed E-state index contributed by atoms with van der Waals surface area (Å²) in [4.78, 5) is 0. The van der Waals surface area contributed by atoms with Crippen LogP contribution < -0.4 is 0 Å². The van der Waals surface area contributed by atoms with Gasteiger partial charge in [-0.15, -0.1) is 0 Å². The molecule has 0 aliphatic rings. The second kappa shape index (κ2) is 4.99. The van der Waals surface area contributed by atoms with E-state index in [1.807, 2.05) is 0 Å². The fourth-order valence-electron chi connectivity index (χ4n) is 1.20. The number of aromatic nitrogens is 2. The van der Waals surface area contributed by atoms with E-state index < -0.39 is 24.9 Å². The van der Waals surface area contributed by atoms with Crippen LogP contribution >= 0.6 is 0 Å². The average Bonchev–Trinajstić information content (AvgIpc) is 2.64. The Hall–Kier alpha value is -1.18. The Morgan fingerprint density at radius 2 is 1.94 bits per heavy atom. The van der Waals surface area contributed by atoms with Crippen molar-refractivity contribution in [3.8, 4) is 0 Å². The largest absolute Gasteiger partial charge is 0.435 e. The van der Waals surface area contributed by atoms with Gasteiger partial charge in [0.15, 0.2) is 0 Å². The molecule has 0 saturated heterocycles. The lowest BCUT2D eigenvalue weighted by atomic mass is 10.3. The molecule has 0 bridgehead atoms. The second-order valence-corrected chi connectivity index (χ2v) is 3.39. The first-order valence-corrected chi connectivity index (χ1v) is 4.88. The van der Waals surface area contributed by atoms with Crippen molar-refractivity contribution in [1.82, 2.24) is 9.78 Å². The van der Waals surface area contributed by atoms with E-state index in [0.29, 0.717) is 4.68 Å². The zero-order valence-corrected chi connectivity index (χ0v) is 8.92. The minimum absolute atomic E-state index is 0.0106. The number of hydrogen-bond acceptors (Lipinski definition) is 2. The number of nitrogens with zero attached hydrogens (tertiary/aromatic N) is 2. The lowest BCUT2D eigenvalue weighted by Gasteiger charge is -2.25. The summed E-state index contributed by atoms with van der Waals surface area (Å²) in [6.07, 6.45) is -10.4. The molecular formula is C9H11F5N2O. The van der Waals surface area contributed by atoms with Crippen LogP contribution in [0.3, 0.4) is 0 Å². The molecule has 1 aromatic rings. The second-order valence-electron chi connectivity index (χ2n) is 3.39. The van der Waals surface area contributed by atoms with Crippen molar-refractivity contribution in [1.29, 1.82) is 0 Å². The van der Waals surface area contributed by atoms with Crippen LogP contribution in [0.5, 0.6) is 0 Å². The van der Waals surface area contributed by atoms with Crippen LogP contribution in [0.15, 0.2) is 18.5 Å². The third-order valence-corrected chi connectivity index (χ3v) is 1.87. The number of hydrogen-bond donors (Lipinski definition) is 0. The van der Waals surface area contributed by atoms with Crippen LogP contribution in [0.25, 0.3) is 0 Å². The summed E-state index contributed by atoms with van der Waals surface area (Å²) < 4.78 is 67.8. The van der Waals surface area contributed by atoms with Crippen molar-refractivity contribution in [2.45, 2.75) is 38.3 Å². The maximum Gasteiger partial charge on any atom is 0.435 e. The van der Waals surface area contributed by atoms with Crippen molar-refractivity contribution < 1.29 is 26.7 Å². The normalized spacial score (nSPS) is 14.9. The van der Waals surface area contributed by atoms with E-state index in [9.17, 15) is 22.0 Å². The monoisotopic (exact) mass is 258 g/mol. The molecule has 0 aliphatic carbocycles. The SMILES string of the molecule is CCCC(F)(F)OC(n1cccn1)C(F)(F)F. The molecule has 0 saturated carbocycles. The first kappa shape index (κ1) is 13.9. The van der Waals surface area contributed by atoms with Crippen LogP contribution in [-0.2, 0) is 4.74 Å². The molecule has 1 atom stereocenters. The van der Waals surface area contributed by atoms with Crippen molar-refractivity contribution in [2.75, 3.05) is 0 Å². The predicted molar refractivity (Wildman–Crippen MR) is 48.3 cm³/mol. The van der Waals surface area contributed by atoms with Gasteiger partial charge in [0.2, 0.25) is 0 Å². The summed E-state index contributed by atoms with van der Waals surface area (Å²) >= 11 is 0. The van der Waals surface area contributed by atoms with Crippen molar-refractivity contribution in [2.24, 2.45) is 0 Å². The molecule has 0 fully saturated rings. The highest BCUT2D eigenvalue weighted by Gasteiger charge is 2.48. The van der Waals surface area contributed by atoms with Crippen molar-refractivity contribution >= 4 is 0 Å². The molecule has 0 aliphatic heterocycles. The molecule has 0 amide bonds. The van der Waals surface area contributed by atoms with Crippen LogP contribution in [0.1, 0.15) is 26.0 Å². The molecule has 0 N–H and O–H groups in total. The van der Waals surface area contributed by atoms with Crippen LogP contribution in [-0.4, -0.2) is 22.1 Å². The molecule has 0 radical (unpaired) electrons. The number of rotatable bonds is 5. The lowest BCUT2D eigenvalue weighted by molar-refractivity contribution is -0.352. The van der Waals surface area contributed by atoms with Gasteiger partial charge in [-0.1, -0.05) is 6.92 Å². The van der Waals surface area contributed by atoms with E-state index in [4.69, 9.17) is 0 Å². The molecule has 1 heterocycles. The molecule has 98 valence electrons. The first-order valence-electron chi connectivity index (χ1n) is 4.88. The van der Waals surface area contributed by atoms with Crippen LogP contribution in [0.4, 0.5) is 22.0 Å². The van der Waals surface area contributed by atoms with Gasteiger partial charge < -0.3 is 0 Å². The van der Waals surface area contributed by atoms with Gasteiger partial charge >= 0.3 is 12.3 Å². The molecule has 1 aromatic heterocycles. The summed E-state index contributed by atoms with van der Waals surface area (Å²) in [6.45, 7) is 1.42. The van der Waals surface area contributed by atoms with Gasteiger partial charge in [-0.25, -0.2) is 4.68 Å². The maximum absolute atomic E-state index is 13.0. The zero-order valence-electron chi connectivity index (χ0n) is 8.92. The van der Waals surface area contributed by atoms with Gasteiger partial charge in [-0.2, -0.15) is 27.1 Å². The van der Waals surface area contributed by atoms with Gasteiger partial charge in [-0.3, -0.25) is 4.74 Å². The van der Waals surface area contributed by atoms with E-state index >= 15 is 0 Å². The summed E-state index contributed by atoms with van der Waals surface area (Å²) in [5.41, 5.74) is 0. The fraction of sp³-hybridized carbons (Fsp3) is 0.667. The molecule has 1 unspecified atom stereocenters. The summed E-state index contributed by atoms with van der Waals surface area (Å²) in [5.74, 6) is 0. The van der Waals surface area contributed by atoms with Crippen LogP contribution in [0.2, 0.25) is 0 Å². The van der Waals surface area contributed by atoms with E-state index in [2.05, 4.69) is 9.84 Å². The summed E-state index contributed by atoms with van der Waals surface area (Å²) in [7, 11) is 0. The minimum Gasteiger partial charge on any atom is -0.285 e. The van der Waals surface area contributed by atoms with Gasteiger partial charge in [0.25, 0.3) is 6.23 Å². The third kappa shape index (κ3) is 3.95. The molecular weight excluding hydrogens is 247 g/mol. The Kier molecular flexibility index (Phi) is 4.07. The number of ether oxygens (including phenoxy) is 1. The Bertz CT molecular complexity index is 336. The molecule has 17 heavy (non-hydrogen) atoms. The maximum atomic E-state index is 13.0. The van der Waals surface area contributed by atoms with E-state index in [-0.39, 0.29) is 6.42 Å². The highest BCUT2D eigenvalue weighted by Crippen LogP contribution is 2.37. The van der Waals surface area contributed by atoms with Gasteiger partial charge in [0, 0.05) is 18.8 Å². The molecule has 0 aromatic carbocycles. The highest BCUT2D eigenvalue weighted by atomic mass is 19.4.